The van der Waals surface area contributed by atoms with E-state index >= 15 is 0 Å². The zero-order valence-corrected chi connectivity index (χ0v) is 22.4. The number of benzene rings is 2. The van der Waals surface area contributed by atoms with E-state index in [-0.39, 0.29) is 58.7 Å². The van der Waals surface area contributed by atoms with Crippen LogP contribution in [0.1, 0.15) is 35.5 Å². The van der Waals surface area contributed by atoms with E-state index in [1.165, 1.54) is 56.3 Å². The van der Waals surface area contributed by atoms with Crippen LogP contribution in [0.2, 0.25) is 0 Å². The summed E-state index contributed by atoms with van der Waals surface area (Å²) >= 11 is 0. The predicted octanol–water partition coefficient (Wildman–Crippen LogP) is 4.84. The number of sulfonamides is 1. The molecule has 0 radical (unpaired) electrons. The largest absolute Gasteiger partial charge is 0.491 e. The van der Waals surface area contributed by atoms with E-state index in [4.69, 9.17) is 15.0 Å². The monoisotopic (exact) mass is 596 g/mol. The number of H-pyrrole nitrogens is 1. The Labute approximate surface area is 231 Å². The fourth-order valence-corrected chi connectivity index (χ4v) is 4.19. The van der Waals surface area contributed by atoms with E-state index in [1.807, 2.05) is 0 Å². The minimum absolute atomic E-state index is 0.00110. The Bertz CT molecular complexity index is 1650. The summed E-state index contributed by atoms with van der Waals surface area (Å²) < 4.78 is 89.6. The molecule has 218 valence electrons. The second-order valence-corrected chi connectivity index (χ2v) is 10.9. The van der Waals surface area contributed by atoms with Gasteiger partial charge in [-0.2, -0.15) is 13.9 Å². The van der Waals surface area contributed by atoms with Crippen LogP contribution >= 0.6 is 0 Å². The molecule has 0 saturated heterocycles. The summed E-state index contributed by atoms with van der Waals surface area (Å²) in [7, 11) is -5.05. The van der Waals surface area contributed by atoms with Gasteiger partial charge in [0, 0.05) is 18.1 Å². The summed E-state index contributed by atoms with van der Waals surface area (Å²) in [6.45, 7) is 2.49. The number of anilines is 3. The first-order valence-corrected chi connectivity index (χ1v) is 13.4. The third-order valence-corrected chi connectivity index (χ3v) is 6.64. The van der Waals surface area contributed by atoms with Crippen LogP contribution in [0, 0.1) is 5.82 Å². The van der Waals surface area contributed by atoms with Crippen LogP contribution in [0.3, 0.4) is 0 Å². The van der Waals surface area contributed by atoms with E-state index in [2.05, 4.69) is 20.7 Å². The second kappa shape index (κ2) is 11.5. The molecule has 11 nitrogen and oxygen atoms in total. The summed E-state index contributed by atoms with van der Waals surface area (Å²) in [4.78, 5) is 12.4. The van der Waals surface area contributed by atoms with Crippen LogP contribution in [0.4, 0.5) is 34.9 Å². The number of hydrogen-bond donors (Lipinski definition) is 4. The number of alkyl halides is 3. The summed E-state index contributed by atoms with van der Waals surface area (Å²) in [6.07, 6.45) is 0.268. The van der Waals surface area contributed by atoms with Crippen molar-refractivity contribution in [2.45, 2.75) is 31.7 Å². The van der Waals surface area contributed by atoms with Crippen LogP contribution in [-0.4, -0.2) is 42.0 Å². The normalized spacial score (nSPS) is 12.0. The number of primary amides is 1. The van der Waals surface area contributed by atoms with Crippen molar-refractivity contribution in [1.29, 1.82) is 0 Å². The first-order chi connectivity index (χ1) is 19.2. The third-order valence-electron chi connectivity index (χ3n) is 5.67. The summed E-state index contributed by atoms with van der Waals surface area (Å²) in [6, 6.07) is 10.6. The molecule has 0 unspecified atom stereocenters. The number of carbonyl (C=O) groups excluding carboxylic acids is 1. The molecule has 5 N–H and O–H groups in total. The van der Waals surface area contributed by atoms with E-state index in [9.17, 15) is 30.8 Å². The van der Waals surface area contributed by atoms with Crippen molar-refractivity contribution in [3.05, 3.63) is 71.2 Å². The smallest absolute Gasteiger partial charge is 0.355 e. The summed E-state index contributed by atoms with van der Waals surface area (Å²) in [5.74, 6) is -5.27. The van der Waals surface area contributed by atoms with Crippen molar-refractivity contribution >= 4 is 33.3 Å². The first-order valence-electron chi connectivity index (χ1n) is 11.9. The quantitative estimate of drug-likeness (QED) is 0.169. The van der Waals surface area contributed by atoms with Crippen molar-refractivity contribution in [2.75, 3.05) is 16.6 Å². The zero-order valence-electron chi connectivity index (χ0n) is 21.5. The number of amides is 1. The number of aromatic nitrogens is 3. The maximum absolute atomic E-state index is 14.2. The molecule has 4 rings (SSSR count). The Morgan fingerprint density at radius 3 is 2.49 bits per heavy atom. The molecule has 2 aromatic carbocycles. The number of ether oxygens (including phenoxy) is 1. The molecule has 0 saturated carbocycles. The molecule has 4 aromatic rings. The first kappa shape index (κ1) is 29.4. The molecule has 0 bridgehead atoms. The molecule has 0 fully saturated rings. The molecule has 2 heterocycles. The Balaban J connectivity index is 1.66. The average Bonchev–Trinajstić information content (AvgIpc) is 3.54. The van der Waals surface area contributed by atoms with Gasteiger partial charge in [-0.1, -0.05) is 23.4 Å². The number of nitrogens with one attached hydrogen (secondary N) is 3. The number of halogens is 4. The number of aromatic amines is 1. The maximum Gasteiger partial charge on any atom is 0.355 e. The van der Waals surface area contributed by atoms with E-state index < -0.39 is 33.2 Å². The number of nitrogens with two attached hydrogens (primary N) is 1. The van der Waals surface area contributed by atoms with Gasteiger partial charge in [-0.05, 0) is 43.7 Å². The lowest BCUT2D eigenvalue weighted by Gasteiger charge is -2.15. The molecular weight excluding hydrogens is 572 g/mol. The van der Waals surface area contributed by atoms with Gasteiger partial charge in [0.25, 0.3) is 15.9 Å². The van der Waals surface area contributed by atoms with Crippen molar-refractivity contribution in [1.82, 2.24) is 15.4 Å². The Kier molecular flexibility index (Phi) is 8.23. The van der Waals surface area contributed by atoms with Gasteiger partial charge in [0.05, 0.1) is 12.3 Å². The molecule has 0 aliphatic heterocycles. The van der Waals surface area contributed by atoms with E-state index in [0.29, 0.717) is 5.56 Å². The highest BCUT2D eigenvalue weighted by molar-refractivity contribution is 7.93. The minimum atomic E-state index is -5.05. The number of rotatable bonds is 12. The Morgan fingerprint density at radius 2 is 1.88 bits per heavy atom. The minimum Gasteiger partial charge on any atom is -0.491 e. The van der Waals surface area contributed by atoms with Crippen molar-refractivity contribution < 1.29 is 40.0 Å². The molecule has 0 aliphatic carbocycles. The van der Waals surface area contributed by atoms with Crippen molar-refractivity contribution in [3.8, 4) is 17.0 Å². The predicted molar refractivity (Wildman–Crippen MR) is 141 cm³/mol. The van der Waals surface area contributed by atoms with Crippen LogP contribution in [-0.2, 0) is 22.1 Å². The fourth-order valence-electron chi connectivity index (χ4n) is 3.62. The third kappa shape index (κ3) is 6.95. The lowest BCUT2D eigenvalue weighted by Crippen LogP contribution is -2.21. The van der Waals surface area contributed by atoms with Crippen LogP contribution in [0.5, 0.6) is 5.75 Å². The average molecular weight is 597 g/mol. The SMILES string of the molecule is CC(C)(F)c1cc(Nc2[nH]nc(-c3ccc(NS(=O)(=O)C(F)F)c(OCCc4ccc(F)cc4)c3)c2C(N)=O)no1. The molecule has 1 amide bonds. The topological polar surface area (TPSA) is 165 Å². The molecule has 2 aromatic heterocycles. The highest BCUT2D eigenvalue weighted by atomic mass is 32.2. The molecule has 0 spiro atoms. The number of carbonyl (C=O) groups is 1. The molecular formula is C25H24F4N6O5S. The Morgan fingerprint density at radius 1 is 1.17 bits per heavy atom. The zero-order chi connectivity index (χ0) is 29.9. The van der Waals surface area contributed by atoms with Crippen LogP contribution in [0.25, 0.3) is 11.3 Å². The van der Waals surface area contributed by atoms with Crippen molar-refractivity contribution in [2.24, 2.45) is 5.73 Å². The lowest BCUT2D eigenvalue weighted by molar-refractivity contribution is 0.100. The fraction of sp³-hybridized carbons (Fsp3) is 0.240. The van der Waals surface area contributed by atoms with Gasteiger partial charge in [-0.15, -0.1) is 0 Å². The molecule has 16 heteroatoms. The highest BCUT2D eigenvalue weighted by Crippen LogP contribution is 2.35. The van der Waals surface area contributed by atoms with Crippen LogP contribution in [0.15, 0.2) is 53.1 Å². The molecule has 0 aliphatic rings. The van der Waals surface area contributed by atoms with E-state index in [0.717, 1.165) is 6.07 Å². The maximum atomic E-state index is 14.2. The van der Waals surface area contributed by atoms with Crippen LogP contribution < -0.4 is 20.5 Å². The number of nitrogens with zero attached hydrogens (tertiary/aromatic N) is 2. The molecule has 41 heavy (non-hydrogen) atoms. The van der Waals surface area contributed by atoms with Gasteiger partial charge in [0.1, 0.15) is 28.6 Å². The number of hydrogen-bond acceptors (Lipinski definition) is 8. The van der Waals surface area contributed by atoms with E-state index in [1.54, 1.807) is 4.72 Å². The standard InChI is InChI=1S/C25H24F4N6O5S/c1-25(2,29)18-12-19(34-40-18)31-23-20(22(30)36)21(32-33-23)14-5-8-16(35-41(37,38)24(27)28)17(11-14)39-10-9-13-3-6-15(26)7-4-13/h3-8,11-12,24,35H,9-10H2,1-2H3,(H2,30,36)(H2,31,32,33,34). The lowest BCUT2D eigenvalue weighted by atomic mass is 10.1. The van der Waals surface area contributed by atoms with Crippen molar-refractivity contribution in [3.63, 3.8) is 0 Å². The molecule has 0 atom stereocenters. The Hall–Kier alpha value is -4.60. The summed E-state index contributed by atoms with van der Waals surface area (Å²) in [5.41, 5.74) is 4.22. The van der Waals surface area contributed by atoms with Gasteiger partial charge in [-0.25, -0.2) is 17.2 Å². The summed E-state index contributed by atoms with van der Waals surface area (Å²) in [5, 5.41) is 13.1. The van der Waals surface area contributed by atoms with Gasteiger partial charge in [0.15, 0.2) is 17.2 Å². The highest BCUT2D eigenvalue weighted by Gasteiger charge is 2.28. The van der Waals surface area contributed by atoms with Gasteiger partial charge >= 0.3 is 5.76 Å². The second-order valence-electron chi connectivity index (χ2n) is 9.20. The van der Waals surface area contributed by atoms with Gasteiger partial charge < -0.3 is 20.3 Å². The van der Waals surface area contributed by atoms with Gasteiger partial charge in [-0.3, -0.25) is 14.6 Å². The van der Waals surface area contributed by atoms with Gasteiger partial charge in [0.2, 0.25) is 0 Å².